The largest absolute Gasteiger partial charge is 0.399 e. The van der Waals surface area contributed by atoms with Crippen molar-refractivity contribution < 1.29 is 0 Å². The number of nitrogens with one attached hydrogen (secondary N) is 1. The Morgan fingerprint density at radius 3 is 2.19 bits per heavy atom. The van der Waals surface area contributed by atoms with E-state index in [0.717, 1.165) is 24.9 Å². The fraction of sp³-hybridized carbons (Fsp3) is 0.571. The highest BCUT2D eigenvalue weighted by atomic mass is 15.0. The molecule has 0 fully saturated rings. The van der Waals surface area contributed by atoms with Crippen LogP contribution in [0.3, 0.4) is 0 Å². The van der Waals surface area contributed by atoms with Gasteiger partial charge in [-0.25, -0.2) is 0 Å². The zero-order valence-corrected chi connectivity index (χ0v) is 10.9. The van der Waals surface area contributed by atoms with E-state index in [9.17, 15) is 0 Å². The molecule has 3 N–H and O–H groups in total. The molecule has 0 saturated carbocycles. The van der Waals surface area contributed by atoms with Crippen LogP contribution >= 0.6 is 0 Å². The van der Waals surface area contributed by atoms with Gasteiger partial charge in [-0.3, -0.25) is 0 Å². The lowest BCUT2D eigenvalue weighted by atomic mass is 9.89. The maximum Gasteiger partial charge on any atom is 0.0394 e. The van der Waals surface area contributed by atoms with E-state index < -0.39 is 0 Å². The first kappa shape index (κ1) is 12.9. The highest BCUT2D eigenvalue weighted by Gasteiger charge is 2.23. The molecule has 0 spiro atoms. The van der Waals surface area contributed by atoms with E-state index in [0.29, 0.717) is 0 Å². The predicted octanol–water partition coefficient (Wildman–Crippen LogP) is 3.96. The third kappa shape index (κ3) is 2.69. The van der Waals surface area contributed by atoms with Crippen LogP contribution in [0.5, 0.6) is 0 Å². The topological polar surface area (TPSA) is 38.0 Å². The van der Waals surface area contributed by atoms with Crippen LogP contribution in [0.25, 0.3) is 0 Å². The smallest absolute Gasteiger partial charge is 0.0394 e. The van der Waals surface area contributed by atoms with Crippen LogP contribution in [0.4, 0.5) is 11.4 Å². The van der Waals surface area contributed by atoms with Gasteiger partial charge in [-0.15, -0.1) is 0 Å². The average molecular weight is 220 g/mol. The minimum Gasteiger partial charge on any atom is -0.399 e. The van der Waals surface area contributed by atoms with Crippen molar-refractivity contribution in [3.05, 3.63) is 23.8 Å². The maximum atomic E-state index is 5.83. The molecule has 0 aromatic heterocycles. The molecule has 0 amide bonds. The molecule has 0 unspecified atom stereocenters. The number of hydrogen-bond acceptors (Lipinski definition) is 2. The summed E-state index contributed by atoms with van der Waals surface area (Å²) in [7, 11) is 0. The molecule has 0 aliphatic heterocycles. The van der Waals surface area contributed by atoms with Gasteiger partial charge in [-0.05, 0) is 43.9 Å². The van der Waals surface area contributed by atoms with E-state index in [-0.39, 0.29) is 5.54 Å². The van der Waals surface area contributed by atoms with Crippen LogP contribution in [0.1, 0.15) is 45.6 Å². The van der Waals surface area contributed by atoms with Gasteiger partial charge in [0.15, 0.2) is 0 Å². The van der Waals surface area contributed by atoms with Gasteiger partial charge in [0.1, 0.15) is 0 Å². The van der Waals surface area contributed by atoms with Gasteiger partial charge in [0.2, 0.25) is 0 Å². The maximum absolute atomic E-state index is 5.83. The van der Waals surface area contributed by atoms with Crippen LogP contribution in [0.15, 0.2) is 18.2 Å². The number of rotatable bonds is 5. The molecule has 0 aliphatic carbocycles. The number of hydrogen-bond donors (Lipinski definition) is 2. The van der Waals surface area contributed by atoms with Crippen molar-refractivity contribution in [3.8, 4) is 0 Å². The van der Waals surface area contributed by atoms with Crippen LogP contribution in [0.2, 0.25) is 0 Å². The van der Waals surface area contributed by atoms with Gasteiger partial charge < -0.3 is 11.1 Å². The second kappa shape index (κ2) is 5.24. The van der Waals surface area contributed by atoms with Gasteiger partial charge in [-0.2, -0.15) is 0 Å². The van der Waals surface area contributed by atoms with Crippen LogP contribution < -0.4 is 11.1 Å². The Labute approximate surface area is 99.2 Å². The van der Waals surface area contributed by atoms with E-state index in [1.807, 2.05) is 12.1 Å². The molecule has 2 nitrogen and oxygen atoms in total. The lowest BCUT2D eigenvalue weighted by molar-refractivity contribution is 0.420. The summed E-state index contributed by atoms with van der Waals surface area (Å²) in [6, 6.07) is 6.06. The third-order valence-corrected chi connectivity index (χ3v) is 3.69. The molecule has 0 aliphatic rings. The van der Waals surface area contributed by atoms with Crippen molar-refractivity contribution in [2.75, 3.05) is 11.1 Å². The van der Waals surface area contributed by atoms with E-state index >= 15 is 0 Å². The number of anilines is 2. The van der Waals surface area contributed by atoms with Crippen molar-refractivity contribution in [2.45, 2.75) is 52.5 Å². The van der Waals surface area contributed by atoms with Crippen molar-refractivity contribution in [3.63, 3.8) is 0 Å². The highest BCUT2D eigenvalue weighted by molar-refractivity contribution is 5.60. The van der Waals surface area contributed by atoms with Gasteiger partial charge in [0, 0.05) is 16.9 Å². The molecule has 0 radical (unpaired) electrons. The molecule has 16 heavy (non-hydrogen) atoms. The summed E-state index contributed by atoms with van der Waals surface area (Å²) >= 11 is 0. The predicted molar refractivity (Wildman–Crippen MR) is 72.8 cm³/mol. The molecule has 90 valence electrons. The molecule has 0 atom stereocenters. The third-order valence-electron chi connectivity index (χ3n) is 3.69. The minimum atomic E-state index is 0.207. The fourth-order valence-corrected chi connectivity index (χ4v) is 2.08. The summed E-state index contributed by atoms with van der Waals surface area (Å²) < 4.78 is 0. The van der Waals surface area contributed by atoms with E-state index in [1.165, 1.54) is 11.3 Å². The molecule has 0 saturated heterocycles. The lowest BCUT2D eigenvalue weighted by Gasteiger charge is -2.33. The van der Waals surface area contributed by atoms with Crippen LogP contribution in [0, 0.1) is 6.92 Å². The summed E-state index contributed by atoms with van der Waals surface area (Å²) in [6.07, 6.45) is 3.40. The Balaban J connectivity index is 2.97. The van der Waals surface area contributed by atoms with Crippen molar-refractivity contribution in [1.82, 2.24) is 0 Å². The highest BCUT2D eigenvalue weighted by Crippen LogP contribution is 2.28. The Bertz CT molecular complexity index is 332. The van der Waals surface area contributed by atoms with Crippen LogP contribution in [-0.4, -0.2) is 5.54 Å². The fourth-order valence-electron chi connectivity index (χ4n) is 2.08. The summed E-state index contributed by atoms with van der Waals surface area (Å²) in [6.45, 7) is 8.83. The molecule has 1 rings (SSSR count). The Morgan fingerprint density at radius 2 is 1.69 bits per heavy atom. The second-order valence-corrected chi connectivity index (χ2v) is 4.54. The summed E-state index contributed by atoms with van der Waals surface area (Å²) in [5, 5.41) is 3.67. The van der Waals surface area contributed by atoms with Gasteiger partial charge in [0.05, 0.1) is 0 Å². The summed E-state index contributed by atoms with van der Waals surface area (Å²) in [4.78, 5) is 0. The van der Waals surface area contributed by atoms with Crippen LogP contribution in [-0.2, 0) is 0 Å². The van der Waals surface area contributed by atoms with Crippen molar-refractivity contribution in [1.29, 1.82) is 0 Å². The molecule has 1 aromatic carbocycles. The van der Waals surface area contributed by atoms with Gasteiger partial charge >= 0.3 is 0 Å². The Hall–Kier alpha value is -1.18. The first-order valence-corrected chi connectivity index (χ1v) is 6.21. The van der Waals surface area contributed by atoms with Gasteiger partial charge in [0.25, 0.3) is 0 Å². The van der Waals surface area contributed by atoms with E-state index in [1.54, 1.807) is 0 Å². The first-order valence-electron chi connectivity index (χ1n) is 6.21. The van der Waals surface area contributed by atoms with Crippen molar-refractivity contribution >= 4 is 11.4 Å². The standard InChI is InChI=1S/C14H24N2/c1-5-14(6-2,7-3)16-13-10-12(15)9-8-11(13)4/h8-10,16H,5-7,15H2,1-4H3. The molecular weight excluding hydrogens is 196 g/mol. The molecular formula is C14H24N2. The first-order chi connectivity index (χ1) is 7.56. The van der Waals surface area contributed by atoms with E-state index in [4.69, 9.17) is 5.73 Å². The summed E-state index contributed by atoms with van der Waals surface area (Å²) in [5.41, 5.74) is 9.29. The van der Waals surface area contributed by atoms with E-state index in [2.05, 4.69) is 39.1 Å². The Morgan fingerprint density at radius 1 is 1.12 bits per heavy atom. The number of nitrogens with two attached hydrogens (primary N) is 1. The normalized spacial score (nSPS) is 11.5. The minimum absolute atomic E-state index is 0.207. The van der Waals surface area contributed by atoms with Crippen molar-refractivity contribution in [2.24, 2.45) is 0 Å². The zero-order valence-electron chi connectivity index (χ0n) is 10.9. The molecule has 0 bridgehead atoms. The monoisotopic (exact) mass is 220 g/mol. The van der Waals surface area contributed by atoms with Gasteiger partial charge in [-0.1, -0.05) is 26.8 Å². The lowest BCUT2D eigenvalue weighted by Crippen LogP contribution is -2.36. The zero-order chi connectivity index (χ0) is 12.2. The number of benzene rings is 1. The second-order valence-electron chi connectivity index (χ2n) is 4.54. The Kier molecular flexibility index (Phi) is 4.22. The molecule has 1 aromatic rings. The average Bonchev–Trinajstić information content (AvgIpc) is 2.31. The summed E-state index contributed by atoms with van der Waals surface area (Å²) in [5.74, 6) is 0. The SMILES string of the molecule is CCC(CC)(CC)Nc1cc(N)ccc1C. The molecule has 2 heteroatoms. The number of nitrogen functional groups attached to an aromatic ring is 1. The quantitative estimate of drug-likeness (QED) is 0.737. The number of aryl methyl sites for hydroxylation is 1. The molecule has 0 heterocycles.